The van der Waals surface area contributed by atoms with E-state index in [1.165, 1.54) is 12.8 Å². The van der Waals surface area contributed by atoms with Gasteiger partial charge in [0.25, 0.3) is 0 Å². The number of hydrogen-bond acceptors (Lipinski definition) is 4. The third kappa shape index (κ3) is 4.84. The Morgan fingerprint density at radius 3 is 1.29 bits per heavy atom. The van der Waals surface area contributed by atoms with E-state index in [-0.39, 0.29) is 23.8 Å². The molecule has 0 radical (unpaired) electrons. The molecule has 0 heterocycles. The molecule has 136 valence electrons. The second kappa shape index (κ2) is 9.85. The van der Waals surface area contributed by atoms with Gasteiger partial charge in [0.05, 0.1) is 24.4 Å². The van der Waals surface area contributed by atoms with E-state index in [0.29, 0.717) is 24.4 Å². The van der Waals surface area contributed by atoms with Crippen LogP contribution in [0.1, 0.15) is 78.1 Å². The predicted octanol–water partition coefficient (Wildman–Crippen LogP) is 4.57. The molecule has 0 atom stereocenters. The Morgan fingerprint density at radius 1 is 0.667 bits per heavy atom. The lowest BCUT2D eigenvalue weighted by molar-refractivity contribution is -0.143. The SMILES string of the molecule is CCOC(=O)C(=C(C(=O)OCC)C1CCCCC1)C1CCCCC1. The molecular formula is C20H32O4. The van der Waals surface area contributed by atoms with E-state index in [9.17, 15) is 9.59 Å². The summed E-state index contributed by atoms with van der Waals surface area (Å²) >= 11 is 0. The van der Waals surface area contributed by atoms with Crippen molar-refractivity contribution >= 4 is 11.9 Å². The van der Waals surface area contributed by atoms with Crippen molar-refractivity contribution in [1.82, 2.24) is 0 Å². The van der Waals surface area contributed by atoms with Gasteiger partial charge in [-0.05, 0) is 51.4 Å². The van der Waals surface area contributed by atoms with E-state index >= 15 is 0 Å². The number of esters is 2. The van der Waals surface area contributed by atoms with Crippen LogP contribution in [0.5, 0.6) is 0 Å². The van der Waals surface area contributed by atoms with Crippen molar-refractivity contribution in [3.05, 3.63) is 11.1 Å². The number of ether oxygens (including phenoxy) is 2. The standard InChI is InChI=1S/C20H32O4/c1-3-23-19(21)17(15-11-7-5-8-12-15)18(20(22)24-4-2)16-13-9-6-10-14-16/h15-16H,3-14H2,1-2H3. The lowest BCUT2D eigenvalue weighted by Crippen LogP contribution is -2.28. The lowest BCUT2D eigenvalue weighted by Gasteiger charge is -2.30. The van der Waals surface area contributed by atoms with E-state index in [0.717, 1.165) is 51.4 Å². The van der Waals surface area contributed by atoms with Gasteiger partial charge in [0.2, 0.25) is 0 Å². The molecule has 0 unspecified atom stereocenters. The monoisotopic (exact) mass is 336 g/mol. The van der Waals surface area contributed by atoms with Crippen LogP contribution in [0.25, 0.3) is 0 Å². The molecule has 0 N–H and O–H groups in total. The minimum Gasteiger partial charge on any atom is -0.463 e. The smallest absolute Gasteiger partial charge is 0.334 e. The second-order valence-corrected chi connectivity index (χ2v) is 6.94. The zero-order valence-corrected chi connectivity index (χ0v) is 15.3. The highest BCUT2D eigenvalue weighted by atomic mass is 16.5. The van der Waals surface area contributed by atoms with Gasteiger partial charge < -0.3 is 9.47 Å². The van der Waals surface area contributed by atoms with Crippen molar-refractivity contribution in [1.29, 1.82) is 0 Å². The van der Waals surface area contributed by atoms with Crippen molar-refractivity contribution in [3.63, 3.8) is 0 Å². The topological polar surface area (TPSA) is 52.6 Å². The van der Waals surface area contributed by atoms with Gasteiger partial charge in [-0.3, -0.25) is 0 Å². The largest absolute Gasteiger partial charge is 0.463 e. The number of carbonyl (C=O) groups excluding carboxylic acids is 2. The molecule has 0 aliphatic heterocycles. The Hall–Kier alpha value is -1.32. The Balaban J connectivity index is 2.42. The molecule has 0 aromatic carbocycles. The average Bonchev–Trinajstić information content (AvgIpc) is 2.61. The Kier molecular flexibility index (Phi) is 7.80. The lowest BCUT2D eigenvalue weighted by atomic mass is 9.75. The van der Waals surface area contributed by atoms with Crippen LogP contribution in [-0.2, 0) is 19.1 Å². The third-order valence-electron chi connectivity index (χ3n) is 5.31. The maximum Gasteiger partial charge on any atom is 0.334 e. The molecule has 2 rings (SSSR count). The first-order valence-corrected chi connectivity index (χ1v) is 9.77. The minimum absolute atomic E-state index is 0.152. The summed E-state index contributed by atoms with van der Waals surface area (Å²) in [5.41, 5.74) is 1.28. The van der Waals surface area contributed by atoms with Crippen LogP contribution >= 0.6 is 0 Å². The molecule has 2 aliphatic rings. The molecule has 2 saturated carbocycles. The van der Waals surface area contributed by atoms with Crippen molar-refractivity contribution in [2.45, 2.75) is 78.1 Å². The van der Waals surface area contributed by atoms with Crippen LogP contribution < -0.4 is 0 Å². The molecule has 0 spiro atoms. The average molecular weight is 336 g/mol. The summed E-state index contributed by atoms with van der Waals surface area (Å²) in [6.45, 7) is 4.33. The number of rotatable bonds is 6. The van der Waals surface area contributed by atoms with Crippen LogP contribution in [0.4, 0.5) is 0 Å². The first-order valence-electron chi connectivity index (χ1n) is 9.77. The van der Waals surface area contributed by atoms with E-state index in [1.54, 1.807) is 0 Å². The fourth-order valence-corrected chi connectivity index (χ4v) is 4.19. The maximum absolute atomic E-state index is 12.7. The molecule has 2 aliphatic carbocycles. The normalized spacial score (nSPS) is 21.1. The van der Waals surface area contributed by atoms with Gasteiger partial charge >= 0.3 is 11.9 Å². The highest BCUT2D eigenvalue weighted by Gasteiger charge is 2.35. The van der Waals surface area contributed by atoms with Gasteiger partial charge in [-0.1, -0.05) is 38.5 Å². The highest BCUT2D eigenvalue weighted by Crippen LogP contribution is 2.38. The molecule has 0 aromatic heterocycles. The van der Waals surface area contributed by atoms with E-state index in [1.807, 2.05) is 13.8 Å². The molecule has 4 nitrogen and oxygen atoms in total. The van der Waals surface area contributed by atoms with E-state index in [4.69, 9.17) is 9.47 Å². The second-order valence-electron chi connectivity index (χ2n) is 6.94. The molecule has 0 amide bonds. The van der Waals surface area contributed by atoms with Crippen molar-refractivity contribution < 1.29 is 19.1 Å². The van der Waals surface area contributed by atoms with Crippen LogP contribution in [-0.4, -0.2) is 25.2 Å². The predicted molar refractivity (Wildman–Crippen MR) is 93.4 cm³/mol. The fourth-order valence-electron chi connectivity index (χ4n) is 4.19. The quantitative estimate of drug-likeness (QED) is 0.526. The summed E-state index contributed by atoms with van der Waals surface area (Å²) in [5.74, 6) is -0.283. The van der Waals surface area contributed by atoms with Crippen LogP contribution in [0.15, 0.2) is 11.1 Å². The molecule has 4 heteroatoms. The summed E-state index contributed by atoms with van der Waals surface area (Å²) in [6.07, 6.45) is 10.8. The third-order valence-corrected chi connectivity index (χ3v) is 5.31. The van der Waals surface area contributed by atoms with Gasteiger partial charge in [0, 0.05) is 0 Å². The van der Waals surface area contributed by atoms with Gasteiger partial charge in [-0.15, -0.1) is 0 Å². The van der Waals surface area contributed by atoms with Crippen LogP contribution in [0, 0.1) is 11.8 Å². The fraction of sp³-hybridized carbons (Fsp3) is 0.800. The molecule has 0 bridgehead atoms. The van der Waals surface area contributed by atoms with E-state index in [2.05, 4.69) is 0 Å². The Morgan fingerprint density at radius 2 is 1.00 bits per heavy atom. The minimum atomic E-state index is -0.293. The van der Waals surface area contributed by atoms with Gasteiger partial charge in [-0.25, -0.2) is 9.59 Å². The summed E-state index contributed by atoms with van der Waals surface area (Å²) in [5, 5.41) is 0. The van der Waals surface area contributed by atoms with Crippen molar-refractivity contribution in [3.8, 4) is 0 Å². The molecule has 2 fully saturated rings. The summed E-state index contributed by atoms with van der Waals surface area (Å²) in [4.78, 5) is 25.5. The Labute approximate surface area is 146 Å². The van der Waals surface area contributed by atoms with Crippen molar-refractivity contribution in [2.24, 2.45) is 11.8 Å². The van der Waals surface area contributed by atoms with Gasteiger partial charge in [0.15, 0.2) is 0 Å². The summed E-state index contributed by atoms with van der Waals surface area (Å²) in [7, 11) is 0. The Bertz CT molecular complexity index is 412. The van der Waals surface area contributed by atoms with Crippen molar-refractivity contribution in [2.75, 3.05) is 13.2 Å². The number of carbonyl (C=O) groups is 2. The first-order chi connectivity index (χ1) is 11.7. The van der Waals surface area contributed by atoms with Gasteiger partial charge in [0.1, 0.15) is 0 Å². The molecular weight excluding hydrogens is 304 g/mol. The summed E-state index contributed by atoms with van der Waals surface area (Å²) in [6, 6.07) is 0. The van der Waals surface area contributed by atoms with Crippen LogP contribution in [0.2, 0.25) is 0 Å². The first kappa shape index (κ1) is 19.0. The molecule has 0 aromatic rings. The van der Waals surface area contributed by atoms with E-state index < -0.39 is 0 Å². The molecule has 0 saturated heterocycles. The maximum atomic E-state index is 12.7. The summed E-state index contributed by atoms with van der Waals surface area (Å²) < 4.78 is 10.7. The number of hydrogen-bond donors (Lipinski definition) is 0. The zero-order chi connectivity index (χ0) is 17.4. The zero-order valence-electron chi connectivity index (χ0n) is 15.3. The highest BCUT2D eigenvalue weighted by molar-refractivity contribution is 6.01. The van der Waals surface area contributed by atoms with Gasteiger partial charge in [-0.2, -0.15) is 0 Å². The molecule has 24 heavy (non-hydrogen) atoms. The van der Waals surface area contributed by atoms with Crippen LogP contribution in [0.3, 0.4) is 0 Å².